The Balaban J connectivity index is 2.00. The predicted octanol–water partition coefficient (Wildman–Crippen LogP) is 4.34. The van der Waals surface area contributed by atoms with Crippen molar-refractivity contribution in [3.05, 3.63) is 75.2 Å². The molecule has 0 atom stereocenters. The average molecular weight is 415 g/mol. The molecule has 1 aromatic heterocycles. The second-order valence-corrected chi connectivity index (χ2v) is 6.81. The minimum Gasteiger partial charge on any atom is -0.494 e. The Kier molecular flexibility index (Phi) is 6.34. The van der Waals surface area contributed by atoms with Crippen molar-refractivity contribution in [2.45, 2.75) is 27.3 Å². The van der Waals surface area contributed by atoms with Gasteiger partial charge >= 0.3 is 5.56 Å². The molecule has 0 bridgehead atoms. The van der Waals surface area contributed by atoms with Gasteiger partial charge in [-0.3, -0.25) is 4.79 Å². The highest BCUT2D eigenvalue weighted by molar-refractivity contribution is 5.60. The van der Waals surface area contributed by atoms with E-state index in [4.69, 9.17) is 9.47 Å². The summed E-state index contributed by atoms with van der Waals surface area (Å²) >= 11 is 0. The quantitative estimate of drug-likeness (QED) is 0.622. The summed E-state index contributed by atoms with van der Waals surface area (Å²) < 4.78 is 39.7. The third-order valence-corrected chi connectivity index (χ3v) is 4.56. The van der Waals surface area contributed by atoms with Crippen molar-refractivity contribution in [3.63, 3.8) is 0 Å². The van der Waals surface area contributed by atoms with E-state index in [1.165, 1.54) is 20.2 Å². The molecule has 0 amide bonds. The van der Waals surface area contributed by atoms with Gasteiger partial charge in [0.05, 0.1) is 26.5 Å². The molecule has 158 valence electrons. The van der Waals surface area contributed by atoms with E-state index in [1.54, 1.807) is 10.6 Å². The first-order valence-corrected chi connectivity index (χ1v) is 9.42. The maximum Gasteiger partial charge on any atom is 0.316 e. The van der Waals surface area contributed by atoms with Gasteiger partial charge in [-0.05, 0) is 61.7 Å². The molecule has 0 saturated carbocycles. The number of methoxy groups -OCH3 is 1. The zero-order valence-electron chi connectivity index (χ0n) is 17.3. The molecular formula is C22H23F2N3O3. The van der Waals surface area contributed by atoms with E-state index in [9.17, 15) is 13.6 Å². The van der Waals surface area contributed by atoms with Crippen LogP contribution in [0.2, 0.25) is 0 Å². The lowest BCUT2D eigenvalue weighted by atomic mass is 10.1. The molecule has 2 aromatic carbocycles. The molecule has 0 fully saturated rings. The summed E-state index contributed by atoms with van der Waals surface area (Å²) in [5.74, 6) is -0.780. The maximum absolute atomic E-state index is 13.9. The molecule has 0 aliphatic rings. The number of hydrogen-bond donors (Lipinski definition) is 1. The van der Waals surface area contributed by atoms with Crippen LogP contribution in [0, 0.1) is 25.5 Å². The fourth-order valence-corrected chi connectivity index (χ4v) is 3.07. The van der Waals surface area contributed by atoms with E-state index in [1.807, 2.05) is 32.0 Å². The molecule has 1 heterocycles. The van der Waals surface area contributed by atoms with Gasteiger partial charge < -0.3 is 19.4 Å². The number of halogens is 2. The van der Waals surface area contributed by atoms with E-state index in [2.05, 4.69) is 10.3 Å². The van der Waals surface area contributed by atoms with Gasteiger partial charge in [0.1, 0.15) is 5.75 Å². The first kappa shape index (κ1) is 21.3. The van der Waals surface area contributed by atoms with Crippen molar-refractivity contribution in [2.75, 3.05) is 19.0 Å². The zero-order chi connectivity index (χ0) is 21.8. The third-order valence-electron chi connectivity index (χ3n) is 4.56. The number of aromatic nitrogens is 2. The number of hydrogen-bond acceptors (Lipinski definition) is 5. The summed E-state index contributed by atoms with van der Waals surface area (Å²) in [6, 6.07) is 8.18. The van der Waals surface area contributed by atoms with Gasteiger partial charge in [-0.2, -0.15) is 4.98 Å². The van der Waals surface area contributed by atoms with E-state index in [0.29, 0.717) is 12.2 Å². The van der Waals surface area contributed by atoms with Gasteiger partial charge in [0.15, 0.2) is 11.6 Å². The molecule has 0 aliphatic heterocycles. The van der Waals surface area contributed by atoms with Crippen LogP contribution in [0.1, 0.15) is 23.6 Å². The molecule has 6 nitrogen and oxygen atoms in total. The van der Waals surface area contributed by atoms with Crippen LogP contribution >= 0.6 is 0 Å². The minimum absolute atomic E-state index is 0.0447. The Labute approximate surface area is 173 Å². The van der Waals surface area contributed by atoms with Crippen molar-refractivity contribution in [1.29, 1.82) is 0 Å². The second-order valence-electron chi connectivity index (χ2n) is 6.81. The van der Waals surface area contributed by atoms with E-state index in [-0.39, 0.29) is 23.8 Å². The van der Waals surface area contributed by atoms with Crippen molar-refractivity contribution in [3.8, 4) is 11.5 Å². The average Bonchev–Trinajstić information content (AvgIpc) is 2.70. The largest absolute Gasteiger partial charge is 0.494 e. The number of anilines is 2. The van der Waals surface area contributed by atoms with Crippen molar-refractivity contribution < 1.29 is 18.3 Å². The molecule has 30 heavy (non-hydrogen) atoms. The van der Waals surface area contributed by atoms with Crippen LogP contribution in [0.4, 0.5) is 20.4 Å². The van der Waals surface area contributed by atoms with Crippen LogP contribution in [-0.4, -0.2) is 23.3 Å². The van der Waals surface area contributed by atoms with E-state index in [0.717, 1.165) is 23.1 Å². The maximum atomic E-state index is 13.9. The molecule has 0 radical (unpaired) electrons. The normalized spacial score (nSPS) is 10.7. The van der Waals surface area contributed by atoms with Crippen LogP contribution in [0.3, 0.4) is 0 Å². The SMILES string of the molecule is CCOc1ccc(Nc2nc(=O)c(OC)cn2Cc2cc(C)c(F)c(F)c2)c(C)c1. The van der Waals surface area contributed by atoms with Crippen molar-refractivity contribution in [1.82, 2.24) is 9.55 Å². The third kappa shape index (κ3) is 4.59. The highest BCUT2D eigenvalue weighted by Gasteiger charge is 2.13. The predicted molar refractivity (Wildman–Crippen MR) is 111 cm³/mol. The Morgan fingerprint density at radius 1 is 1.13 bits per heavy atom. The smallest absolute Gasteiger partial charge is 0.316 e. The van der Waals surface area contributed by atoms with Crippen molar-refractivity contribution >= 4 is 11.6 Å². The van der Waals surface area contributed by atoms with Gasteiger partial charge in [-0.1, -0.05) is 6.07 Å². The lowest BCUT2D eigenvalue weighted by molar-refractivity contribution is 0.340. The Morgan fingerprint density at radius 3 is 2.53 bits per heavy atom. The lowest BCUT2D eigenvalue weighted by Crippen LogP contribution is -2.19. The number of rotatable bonds is 7. The molecule has 0 aliphatic carbocycles. The summed E-state index contributed by atoms with van der Waals surface area (Å²) in [4.78, 5) is 16.3. The number of nitrogens with one attached hydrogen (secondary N) is 1. The van der Waals surface area contributed by atoms with Crippen LogP contribution in [0.25, 0.3) is 0 Å². The molecular weight excluding hydrogens is 392 g/mol. The van der Waals surface area contributed by atoms with Crippen LogP contribution < -0.4 is 20.3 Å². The van der Waals surface area contributed by atoms with Crippen molar-refractivity contribution in [2.24, 2.45) is 0 Å². The van der Waals surface area contributed by atoms with E-state index < -0.39 is 17.2 Å². The lowest BCUT2D eigenvalue weighted by Gasteiger charge is -2.17. The second kappa shape index (κ2) is 8.94. The van der Waals surface area contributed by atoms with E-state index >= 15 is 0 Å². The van der Waals surface area contributed by atoms with Gasteiger partial charge in [0.25, 0.3) is 0 Å². The fourth-order valence-electron chi connectivity index (χ4n) is 3.07. The highest BCUT2D eigenvalue weighted by Crippen LogP contribution is 2.25. The first-order chi connectivity index (χ1) is 14.3. The molecule has 1 N–H and O–H groups in total. The number of benzene rings is 2. The summed E-state index contributed by atoms with van der Waals surface area (Å²) in [5, 5.41) is 3.14. The van der Waals surface area contributed by atoms with Gasteiger partial charge in [0.2, 0.25) is 11.7 Å². The topological polar surface area (TPSA) is 65.4 Å². The molecule has 0 unspecified atom stereocenters. The summed E-state index contributed by atoms with van der Waals surface area (Å²) in [5.41, 5.74) is 1.79. The monoisotopic (exact) mass is 415 g/mol. The van der Waals surface area contributed by atoms with Crippen LogP contribution in [-0.2, 0) is 6.54 Å². The summed E-state index contributed by atoms with van der Waals surface area (Å²) in [6.07, 6.45) is 1.48. The first-order valence-electron chi connectivity index (χ1n) is 9.42. The highest BCUT2D eigenvalue weighted by atomic mass is 19.2. The molecule has 3 aromatic rings. The molecule has 0 saturated heterocycles. The summed E-state index contributed by atoms with van der Waals surface area (Å²) in [7, 11) is 1.37. The fraction of sp³-hybridized carbons (Fsp3) is 0.273. The molecule has 8 heteroatoms. The Morgan fingerprint density at radius 2 is 1.90 bits per heavy atom. The Hall–Kier alpha value is -3.42. The van der Waals surface area contributed by atoms with Gasteiger partial charge in [-0.25, -0.2) is 8.78 Å². The zero-order valence-corrected chi connectivity index (χ0v) is 17.3. The van der Waals surface area contributed by atoms with Gasteiger partial charge in [-0.15, -0.1) is 0 Å². The number of ether oxygens (including phenoxy) is 2. The minimum atomic E-state index is -0.928. The van der Waals surface area contributed by atoms with Crippen LogP contribution in [0.15, 0.2) is 41.3 Å². The Bertz CT molecular complexity index is 1110. The van der Waals surface area contributed by atoms with Crippen LogP contribution in [0.5, 0.6) is 11.5 Å². The number of aryl methyl sites for hydroxylation is 2. The molecule has 3 rings (SSSR count). The summed E-state index contributed by atoms with van der Waals surface area (Å²) in [6.45, 7) is 6.01. The van der Waals surface area contributed by atoms with Gasteiger partial charge in [0, 0.05) is 5.69 Å². The number of nitrogens with zero attached hydrogens (tertiary/aromatic N) is 2. The standard InChI is InChI=1S/C22H23F2N3O3/c1-5-30-16-6-7-18(13(2)9-16)25-22-26-21(28)19(29-4)12-27(22)11-15-8-14(3)20(24)17(23)10-15/h6-10,12H,5,11H2,1-4H3,(H,25,26,28). The molecule has 0 spiro atoms.